The molecule has 1 aliphatic rings. The van der Waals surface area contributed by atoms with Gasteiger partial charge in [-0.05, 0) is 83.2 Å². The SMILES string of the molecule is CC(C)(C)c1cccc(NC(=O)NC(c2ccc(C(=O)NCCC(=O)O)cc2)c2ccc(C3=CCCCC3)cc2)c1. The first-order valence-corrected chi connectivity index (χ1v) is 14.2. The van der Waals surface area contributed by atoms with Crippen LogP contribution >= 0.6 is 0 Å². The van der Waals surface area contributed by atoms with Crippen molar-refractivity contribution in [3.05, 3.63) is 107 Å². The second-order valence-corrected chi connectivity index (χ2v) is 11.5. The molecule has 214 valence electrons. The minimum absolute atomic E-state index is 0.0477. The molecule has 4 N–H and O–H groups in total. The van der Waals surface area contributed by atoms with Gasteiger partial charge in [0.15, 0.2) is 0 Å². The Morgan fingerprint density at radius 3 is 2.20 bits per heavy atom. The highest BCUT2D eigenvalue weighted by molar-refractivity contribution is 5.94. The van der Waals surface area contributed by atoms with Gasteiger partial charge in [-0.1, -0.05) is 75.4 Å². The van der Waals surface area contributed by atoms with Gasteiger partial charge < -0.3 is 21.1 Å². The maximum Gasteiger partial charge on any atom is 0.319 e. The van der Waals surface area contributed by atoms with Crippen LogP contribution in [-0.4, -0.2) is 29.6 Å². The molecule has 7 heteroatoms. The zero-order valence-electron chi connectivity index (χ0n) is 24.0. The molecule has 41 heavy (non-hydrogen) atoms. The van der Waals surface area contributed by atoms with Crippen LogP contribution in [0.4, 0.5) is 10.5 Å². The molecule has 0 bridgehead atoms. The van der Waals surface area contributed by atoms with Crippen LogP contribution in [0.2, 0.25) is 0 Å². The summed E-state index contributed by atoms with van der Waals surface area (Å²) >= 11 is 0. The Morgan fingerprint density at radius 1 is 0.902 bits per heavy atom. The topological polar surface area (TPSA) is 108 Å². The van der Waals surface area contributed by atoms with Gasteiger partial charge in [-0.3, -0.25) is 9.59 Å². The third-order valence-electron chi connectivity index (χ3n) is 7.30. The largest absolute Gasteiger partial charge is 0.481 e. The highest BCUT2D eigenvalue weighted by Gasteiger charge is 2.20. The number of nitrogens with one attached hydrogen (secondary N) is 3. The lowest BCUT2D eigenvalue weighted by atomic mass is 9.87. The number of carbonyl (C=O) groups is 3. The smallest absolute Gasteiger partial charge is 0.319 e. The molecule has 0 aliphatic heterocycles. The summed E-state index contributed by atoms with van der Waals surface area (Å²) in [5, 5.41) is 17.5. The molecular weight excluding hydrogens is 514 g/mol. The summed E-state index contributed by atoms with van der Waals surface area (Å²) in [6.07, 6.45) is 6.78. The molecule has 4 rings (SSSR count). The summed E-state index contributed by atoms with van der Waals surface area (Å²) in [7, 11) is 0. The van der Waals surface area contributed by atoms with E-state index < -0.39 is 12.0 Å². The first-order valence-electron chi connectivity index (χ1n) is 14.2. The van der Waals surface area contributed by atoms with Crippen molar-refractivity contribution in [1.82, 2.24) is 10.6 Å². The third-order valence-corrected chi connectivity index (χ3v) is 7.30. The molecule has 0 heterocycles. The molecule has 7 nitrogen and oxygen atoms in total. The molecule has 1 unspecified atom stereocenters. The van der Waals surface area contributed by atoms with Crippen molar-refractivity contribution in [2.24, 2.45) is 0 Å². The van der Waals surface area contributed by atoms with Gasteiger partial charge in [0.25, 0.3) is 5.91 Å². The van der Waals surface area contributed by atoms with E-state index in [9.17, 15) is 14.4 Å². The van der Waals surface area contributed by atoms with Gasteiger partial charge in [0, 0.05) is 17.8 Å². The summed E-state index contributed by atoms with van der Waals surface area (Å²) in [6, 6.07) is 22.3. The number of amides is 3. The second-order valence-electron chi connectivity index (χ2n) is 11.5. The van der Waals surface area contributed by atoms with Gasteiger partial charge in [0.05, 0.1) is 12.5 Å². The number of carbonyl (C=O) groups excluding carboxylic acids is 2. The van der Waals surface area contributed by atoms with E-state index in [1.165, 1.54) is 24.0 Å². The first-order chi connectivity index (χ1) is 19.6. The number of urea groups is 1. The highest BCUT2D eigenvalue weighted by atomic mass is 16.4. The second kappa shape index (κ2) is 13.3. The zero-order valence-corrected chi connectivity index (χ0v) is 24.0. The number of anilines is 1. The van der Waals surface area contributed by atoms with Crippen molar-refractivity contribution in [3.63, 3.8) is 0 Å². The molecule has 3 amide bonds. The van der Waals surface area contributed by atoms with E-state index in [0.717, 1.165) is 29.5 Å². The Morgan fingerprint density at radius 2 is 1.59 bits per heavy atom. The van der Waals surface area contributed by atoms with Crippen LogP contribution in [0.1, 0.15) is 91.5 Å². The number of carboxylic acids is 1. The van der Waals surface area contributed by atoms with Crippen molar-refractivity contribution in [2.45, 2.75) is 64.3 Å². The van der Waals surface area contributed by atoms with Crippen LogP contribution in [0.25, 0.3) is 5.57 Å². The van der Waals surface area contributed by atoms with E-state index in [-0.39, 0.29) is 30.3 Å². The quantitative estimate of drug-likeness (QED) is 0.228. The molecule has 0 fully saturated rings. The number of benzene rings is 3. The number of hydrogen-bond donors (Lipinski definition) is 4. The number of allylic oxidation sites excluding steroid dienone is 2. The fraction of sp³-hybridized carbons (Fsp3) is 0.324. The van der Waals surface area contributed by atoms with Crippen LogP contribution in [0.5, 0.6) is 0 Å². The maximum absolute atomic E-state index is 13.2. The number of aliphatic carboxylic acids is 1. The Balaban J connectivity index is 1.56. The summed E-state index contributed by atoms with van der Waals surface area (Å²) in [5.74, 6) is -1.31. The van der Waals surface area contributed by atoms with Gasteiger partial charge in [-0.25, -0.2) is 4.79 Å². The monoisotopic (exact) mass is 553 g/mol. The van der Waals surface area contributed by atoms with E-state index in [1.54, 1.807) is 12.1 Å². The average Bonchev–Trinajstić information content (AvgIpc) is 2.96. The normalized spacial score (nSPS) is 14.0. The number of hydrogen-bond acceptors (Lipinski definition) is 3. The van der Waals surface area contributed by atoms with E-state index in [4.69, 9.17) is 5.11 Å². The van der Waals surface area contributed by atoms with Gasteiger partial charge in [-0.2, -0.15) is 0 Å². The van der Waals surface area contributed by atoms with Gasteiger partial charge >= 0.3 is 12.0 Å². The molecule has 0 spiro atoms. The summed E-state index contributed by atoms with van der Waals surface area (Å²) in [4.78, 5) is 36.5. The molecular formula is C34H39N3O4. The number of carboxylic acid groups (broad SMARTS) is 1. The minimum atomic E-state index is -0.969. The van der Waals surface area contributed by atoms with Crippen LogP contribution in [0.15, 0.2) is 78.9 Å². The highest BCUT2D eigenvalue weighted by Crippen LogP contribution is 2.30. The van der Waals surface area contributed by atoms with Crippen LogP contribution in [-0.2, 0) is 10.2 Å². The Kier molecular flexibility index (Phi) is 9.61. The van der Waals surface area contributed by atoms with E-state index in [0.29, 0.717) is 11.3 Å². The van der Waals surface area contributed by atoms with Crippen molar-refractivity contribution in [1.29, 1.82) is 0 Å². The Labute approximate surface area is 242 Å². The average molecular weight is 554 g/mol. The van der Waals surface area contributed by atoms with Crippen LogP contribution in [0.3, 0.4) is 0 Å². The molecule has 0 aromatic heterocycles. The lowest BCUT2D eigenvalue weighted by molar-refractivity contribution is -0.136. The fourth-order valence-electron chi connectivity index (χ4n) is 4.92. The lowest BCUT2D eigenvalue weighted by Gasteiger charge is -2.22. The maximum atomic E-state index is 13.2. The summed E-state index contributed by atoms with van der Waals surface area (Å²) in [6.45, 7) is 6.45. The third kappa shape index (κ3) is 8.30. The predicted octanol–water partition coefficient (Wildman–Crippen LogP) is 7.06. The van der Waals surface area contributed by atoms with E-state index in [1.807, 2.05) is 42.5 Å². The minimum Gasteiger partial charge on any atom is -0.481 e. The Bertz CT molecular complexity index is 1400. The molecule has 1 aliphatic carbocycles. The number of rotatable bonds is 9. The van der Waals surface area contributed by atoms with E-state index in [2.05, 4.69) is 61.0 Å². The Hall–Kier alpha value is -4.39. The lowest BCUT2D eigenvalue weighted by Crippen LogP contribution is -2.33. The molecule has 0 saturated heterocycles. The van der Waals surface area contributed by atoms with Gasteiger partial charge in [-0.15, -0.1) is 0 Å². The molecule has 0 saturated carbocycles. The van der Waals surface area contributed by atoms with Crippen LogP contribution in [0, 0.1) is 0 Å². The summed E-state index contributed by atoms with van der Waals surface area (Å²) < 4.78 is 0. The standard InChI is InChI=1S/C34H39N3O4/c1-34(2,3)28-10-7-11-29(22-28)36-33(41)37-31(25-14-12-24(13-15-25)23-8-5-4-6-9-23)26-16-18-27(19-17-26)32(40)35-21-20-30(38)39/h7-8,10-19,22,31H,4-6,9,20-21H2,1-3H3,(H,35,40)(H,38,39)(H2,36,37,41). The molecule has 3 aromatic carbocycles. The van der Waals surface area contributed by atoms with E-state index >= 15 is 0 Å². The van der Waals surface area contributed by atoms with Crippen molar-refractivity contribution in [2.75, 3.05) is 11.9 Å². The predicted molar refractivity (Wildman–Crippen MR) is 163 cm³/mol. The van der Waals surface area contributed by atoms with Gasteiger partial charge in [0.1, 0.15) is 0 Å². The van der Waals surface area contributed by atoms with Crippen LogP contribution < -0.4 is 16.0 Å². The molecule has 3 aromatic rings. The summed E-state index contributed by atoms with van der Waals surface area (Å²) in [5.41, 5.74) is 6.50. The zero-order chi connectivity index (χ0) is 29.4. The fourth-order valence-corrected chi connectivity index (χ4v) is 4.92. The first kappa shape index (κ1) is 29.6. The van der Waals surface area contributed by atoms with Crippen molar-refractivity contribution >= 4 is 29.2 Å². The molecule has 1 atom stereocenters. The molecule has 0 radical (unpaired) electrons. The van der Waals surface area contributed by atoms with Gasteiger partial charge in [0.2, 0.25) is 0 Å². The van der Waals surface area contributed by atoms with Crippen molar-refractivity contribution in [3.8, 4) is 0 Å². The van der Waals surface area contributed by atoms with Crippen molar-refractivity contribution < 1.29 is 19.5 Å².